The molecule has 2 aliphatic rings. The van der Waals surface area contributed by atoms with Gasteiger partial charge in [-0.2, -0.15) is 0 Å². The van der Waals surface area contributed by atoms with E-state index in [0.29, 0.717) is 6.04 Å². The standard InChI is InChI=1S/C16H30N2/c1-4-15-11-17-16(13(2)3)12-18(15)10-9-14-7-5-6-8-14/h7,13,15-17H,4-6,8-12H2,1-3H3. The van der Waals surface area contributed by atoms with Crippen LogP contribution in [0.5, 0.6) is 0 Å². The quantitative estimate of drug-likeness (QED) is 0.754. The molecule has 0 aromatic heterocycles. The second-order valence-corrected chi connectivity index (χ2v) is 6.32. The summed E-state index contributed by atoms with van der Waals surface area (Å²) in [7, 11) is 0. The van der Waals surface area contributed by atoms with E-state index in [1.54, 1.807) is 5.57 Å². The molecule has 2 atom stereocenters. The van der Waals surface area contributed by atoms with Crippen molar-refractivity contribution < 1.29 is 0 Å². The van der Waals surface area contributed by atoms with Crippen LogP contribution in [0.4, 0.5) is 0 Å². The monoisotopic (exact) mass is 250 g/mol. The van der Waals surface area contributed by atoms with Crippen LogP contribution in [0.2, 0.25) is 0 Å². The molecule has 1 aliphatic heterocycles. The maximum absolute atomic E-state index is 3.72. The molecule has 1 aliphatic carbocycles. The number of nitrogens with one attached hydrogen (secondary N) is 1. The highest BCUT2D eigenvalue weighted by atomic mass is 15.2. The molecule has 1 saturated heterocycles. The Hall–Kier alpha value is -0.340. The van der Waals surface area contributed by atoms with Crippen molar-refractivity contribution in [3.8, 4) is 0 Å². The van der Waals surface area contributed by atoms with Crippen molar-refractivity contribution in [2.75, 3.05) is 19.6 Å². The van der Waals surface area contributed by atoms with Crippen LogP contribution >= 0.6 is 0 Å². The number of hydrogen-bond donors (Lipinski definition) is 1. The molecule has 0 aromatic carbocycles. The molecule has 0 radical (unpaired) electrons. The van der Waals surface area contributed by atoms with Gasteiger partial charge in [-0.15, -0.1) is 0 Å². The summed E-state index contributed by atoms with van der Waals surface area (Å²) >= 11 is 0. The predicted octanol–water partition coefficient (Wildman–Crippen LogP) is 3.20. The lowest BCUT2D eigenvalue weighted by molar-refractivity contribution is 0.111. The van der Waals surface area contributed by atoms with Gasteiger partial charge in [0.25, 0.3) is 0 Å². The van der Waals surface area contributed by atoms with Crippen LogP contribution in [0.25, 0.3) is 0 Å². The van der Waals surface area contributed by atoms with Crippen molar-refractivity contribution in [3.05, 3.63) is 11.6 Å². The normalized spacial score (nSPS) is 29.9. The molecule has 1 heterocycles. The van der Waals surface area contributed by atoms with Gasteiger partial charge in [-0.05, 0) is 38.0 Å². The molecule has 0 aromatic rings. The van der Waals surface area contributed by atoms with E-state index in [0.717, 1.165) is 12.0 Å². The Morgan fingerprint density at radius 3 is 2.89 bits per heavy atom. The summed E-state index contributed by atoms with van der Waals surface area (Å²) in [6, 6.07) is 1.44. The third-order valence-corrected chi connectivity index (χ3v) is 4.69. The predicted molar refractivity (Wildman–Crippen MR) is 78.8 cm³/mol. The van der Waals surface area contributed by atoms with Gasteiger partial charge in [0, 0.05) is 31.7 Å². The van der Waals surface area contributed by atoms with Crippen LogP contribution in [0.1, 0.15) is 52.9 Å². The van der Waals surface area contributed by atoms with Crippen molar-refractivity contribution in [2.24, 2.45) is 5.92 Å². The van der Waals surface area contributed by atoms with Crippen LogP contribution in [0.15, 0.2) is 11.6 Å². The Bertz CT molecular complexity index is 283. The first-order chi connectivity index (χ1) is 8.70. The summed E-state index contributed by atoms with van der Waals surface area (Å²) < 4.78 is 0. The fourth-order valence-corrected chi connectivity index (χ4v) is 3.26. The van der Waals surface area contributed by atoms with Crippen LogP contribution in [0.3, 0.4) is 0 Å². The lowest BCUT2D eigenvalue weighted by atomic mass is 9.98. The largest absolute Gasteiger partial charge is 0.311 e. The molecule has 0 amide bonds. The first-order valence-corrected chi connectivity index (χ1v) is 7.86. The molecule has 2 nitrogen and oxygen atoms in total. The van der Waals surface area contributed by atoms with Gasteiger partial charge < -0.3 is 5.32 Å². The van der Waals surface area contributed by atoms with Crippen LogP contribution in [-0.2, 0) is 0 Å². The number of nitrogens with zero attached hydrogens (tertiary/aromatic N) is 1. The Morgan fingerprint density at radius 2 is 2.28 bits per heavy atom. The van der Waals surface area contributed by atoms with E-state index < -0.39 is 0 Å². The van der Waals surface area contributed by atoms with Crippen molar-refractivity contribution in [1.29, 1.82) is 0 Å². The summed E-state index contributed by atoms with van der Waals surface area (Å²) in [5.74, 6) is 0.746. The summed E-state index contributed by atoms with van der Waals surface area (Å²) in [4.78, 5) is 2.74. The van der Waals surface area contributed by atoms with Gasteiger partial charge in [-0.1, -0.05) is 32.4 Å². The number of hydrogen-bond acceptors (Lipinski definition) is 2. The minimum Gasteiger partial charge on any atom is -0.311 e. The molecule has 18 heavy (non-hydrogen) atoms. The zero-order valence-corrected chi connectivity index (χ0v) is 12.4. The molecule has 2 unspecified atom stereocenters. The highest BCUT2D eigenvalue weighted by Crippen LogP contribution is 2.22. The molecule has 2 heteroatoms. The highest BCUT2D eigenvalue weighted by molar-refractivity contribution is 5.08. The average Bonchev–Trinajstić information content (AvgIpc) is 2.89. The molecule has 0 bridgehead atoms. The Balaban J connectivity index is 1.85. The van der Waals surface area contributed by atoms with E-state index in [-0.39, 0.29) is 0 Å². The smallest absolute Gasteiger partial charge is 0.0218 e. The topological polar surface area (TPSA) is 15.3 Å². The number of rotatable bonds is 5. The summed E-state index contributed by atoms with van der Waals surface area (Å²) in [6.45, 7) is 10.7. The minimum absolute atomic E-state index is 0.686. The van der Waals surface area contributed by atoms with E-state index >= 15 is 0 Å². The summed E-state index contributed by atoms with van der Waals surface area (Å²) in [5, 5.41) is 3.72. The fraction of sp³-hybridized carbons (Fsp3) is 0.875. The molecular formula is C16H30N2. The van der Waals surface area contributed by atoms with Crippen molar-refractivity contribution in [2.45, 2.75) is 65.0 Å². The zero-order chi connectivity index (χ0) is 13.0. The Labute approximate surface area is 113 Å². The molecular weight excluding hydrogens is 220 g/mol. The zero-order valence-electron chi connectivity index (χ0n) is 12.4. The van der Waals surface area contributed by atoms with E-state index in [9.17, 15) is 0 Å². The summed E-state index contributed by atoms with van der Waals surface area (Å²) in [5.41, 5.74) is 1.71. The average molecular weight is 250 g/mol. The third kappa shape index (κ3) is 3.58. The van der Waals surface area contributed by atoms with Gasteiger partial charge in [0.1, 0.15) is 0 Å². The van der Waals surface area contributed by atoms with Gasteiger partial charge in [0.15, 0.2) is 0 Å². The van der Waals surface area contributed by atoms with Gasteiger partial charge in [-0.3, -0.25) is 4.90 Å². The van der Waals surface area contributed by atoms with Gasteiger partial charge in [-0.25, -0.2) is 0 Å². The van der Waals surface area contributed by atoms with Crippen molar-refractivity contribution in [1.82, 2.24) is 10.2 Å². The lowest BCUT2D eigenvalue weighted by Gasteiger charge is -2.41. The number of allylic oxidation sites excluding steroid dienone is 1. The maximum Gasteiger partial charge on any atom is 0.0218 e. The maximum atomic E-state index is 3.72. The second kappa shape index (κ2) is 6.72. The SMILES string of the molecule is CCC1CNC(C(C)C)CN1CCC1=CCCC1. The Morgan fingerprint density at radius 1 is 1.44 bits per heavy atom. The van der Waals surface area contributed by atoms with Gasteiger partial charge in [0.2, 0.25) is 0 Å². The number of piperazine rings is 1. The van der Waals surface area contributed by atoms with E-state index in [4.69, 9.17) is 0 Å². The van der Waals surface area contributed by atoms with Crippen molar-refractivity contribution in [3.63, 3.8) is 0 Å². The van der Waals surface area contributed by atoms with Crippen LogP contribution < -0.4 is 5.32 Å². The second-order valence-electron chi connectivity index (χ2n) is 6.32. The first kappa shape index (κ1) is 14.1. The van der Waals surface area contributed by atoms with Gasteiger partial charge >= 0.3 is 0 Å². The molecule has 2 rings (SSSR count). The van der Waals surface area contributed by atoms with Crippen LogP contribution in [-0.4, -0.2) is 36.6 Å². The minimum atomic E-state index is 0.686. The Kier molecular flexibility index (Phi) is 5.25. The first-order valence-electron chi connectivity index (χ1n) is 7.86. The van der Waals surface area contributed by atoms with E-state index in [2.05, 4.69) is 37.1 Å². The van der Waals surface area contributed by atoms with Crippen molar-refractivity contribution >= 4 is 0 Å². The van der Waals surface area contributed by atoms with E-state index in [1.165, 1.54) is 51.7 Å². The lowest BCUT2D eigenvalue weighted by Crippen LogP contribution is -2.58. The van der Waals surface area contributed by atoms with Gasteiger partial charge in [0.05, 0.1) is 0 Å². The van der Waals surface area contributed by atoms with E-state index in [1.807, 2.05) is 0 Å². The third-order valence-electron chi connectivity index (χ3n) is 4.69. The molecule has 0 saturated carbocycles. The fourth-order valence-electron chi connectivity index (χ4n) is 3.26. The highest BCUT2D eigenvalue weighted by Gasteiger charge is 2.27. The molecule has 1 fully saturated rings. The molecule has 0 spiro atoms. The molecule has 1 N–H and O–H groups in total. The van der Waals surface area contributed by atoms with Crippen LogP contribution in [0, 0.1) is 5.92 Å². The molecule has 104 valence electrons. The summed E-state index contributed by atoms with van der Waals surface area (Å²) in [6.07, 6.45) is 9.13.